The first-order valence-electron chi connectivity index (χ1n) is 9.47. The lowest BCUT2D eigenvalue weighted by molar-refractivity contribution is 0.0941. The lowest BCUT2D eigenvalue weighted by Gasteiger charge is -2.22. The lowest BCUT2D eigenvalue weighted by Crippen LogP contribution is -2.45. The van der Waals surface area contributed by atoms with E-state index >= 15 is 0 Å². The van der Waals surface area contributed by atoms with Crippen molar-refractivity contribution < 1.29 is 22.5 Å². The smallest absolute Gasteiger partial charge is 0.328 e. The third-order valence-corrected chi connectivity index (χ3v) is 6.06. The third kappa shape index (κ3) is 5.80. The highest BCUT2D eigenvalue weighted by molar-refractivity contribution is 7.90. The molecule has 0 bridgehead atoms. The van der Waals surface area contributed by atoms with Crippen molar-refractivity contribution in [2.75, 3.05) is 0 Å². The van der Waals surface area contributed by atoms with Gasteiger partial charge in [-0.25, -0.2) is 17.9 Å². The van der Waals surface area contributed by atoms with Crippen LogP contribution in [0.2, 0.25) is 0 Å². The molecule has 0 aliphatic heterocycles. The summed E-state index contributed by atoms with van der Waals surface area (Å²) in [5, 5.41) is 9.02. The molecule has 10 heteroatoms. The fraction of sp³-hybridized carbons (Fsp3) is 0.421. The molecule has 1 aliphatic rings. The van der Waals surface area contributed by atoms with Gasteiger partial charge in [0.05, 0.1) is 4.90 Å². The van der Waals surface area contributed by atoms with Crippen molar-refractivity contribution in [3.05, 3.63) is 47.3 Å². The summed E-state index contributed by atoms with van der Waals surface area (Å²) in [6.07, 6.45) is 4.94. The van der Waals surface area contributed by atoms with E-state index in [4.69, 9.17) is 4.52 Å². The van der Waals surface area contributed by atoms with Crippen molar-refractivity contribution in [3.8, 4) is 0 Å². The zero-order chi connectivity index (χ0) is 20.9. The zero-order valence-corrected chi connectivity index (χ0v) is 16.9. The van der Waals surface area contributed by atoms with Crippen molar-refractivity contribution in [2.45, 2.75) is 56.5 Å². The molecular weight excluding hydrogens is 396 g/mol. The van der Waals surface area contributed by atoms with Crippen LogP contribution in [-0.2, 0) is 16.6 Å². The molecule has 0 atom stereocenters. The Kier molecular flexibility index (Phi) is 6.53. The molecule has 29 heavy (non-hydrogen) atoms. The third-order valence-electron chi connectivity index (χ3n) is 4.71. The van der Waals surface area contributed by atoms with Gasteiger partial charge in [0.2, 0.25) is 0 Å². The van der Waals surface area contributed by atoms with E-state index in [9.17, 15) is 18.0 Å². The van der Waals surface area contributed by atoms with E-state index in [-0.39, 0.29) is 29.1 Å². The number of sulfonamides is 1. The summed E-state index contributed by atoms with van der Waals surface area (Å²) in [5.41, 5.74) is 0.874. The standard InChI is InChI=1S/C19H24N4O5S/c1-13-11-17(22-28-13)18(24)20-12-14-7-9-16(10-8-14)29(26,27)23-19(25)21-15-5-3-2-4-6-15/h7-11,15H,2-6,12H2,1H3,(H,20,24)(H2,21,23,25). The molecule has 1 heterocycles. The summed E-state index contributed by atoms with van der Waals surface area (Å²) in [5.74, 6) is 0.143. The number of urea groups is 1. The van der Waals surface area contributed by atoms with Crippen LogP contribution in [0.4, 0.5) is 4.79 Å². The molecule has 0 saturated heterocycles. The highest BCUT2D eigenvalue weighted by Crippen LogP contribution is 2.17. The molecule has 1 fully saturated rings. The van der Waals surface area contributed by atoms with Gasteiger partial charge in [-0.15, -0.1) is 0 Å². The van der Waals surface area contributed by atoms with Crippen LogP contribution in [0.5, 0.6) is 0 Å². The van der Waals surface area contributed by atoms with Crippen LogP contribution in [0.3, 0.4) is 0 Å². The number of amides is 3. The lowest BCUT2D eigenvalue weighted by atomic mass is 9.96. The molecule has 0 radical (unpaired) electrons. The van der Waals surface area contributed by atoms with E-state index in [1.165, 1.54) is 18.2 Å². The van der Waals surface area contributed by atoms with Crippen LogP contribution < -0.4 is 15.4 Å². The van der Waals surface area contributed by atoms with E-state index in [1.807, 2.05) is 4.72 Å². The second-order valence-electron chi connectivity index (χ2n) is 7.06. The molecule has 1 aromatic carbocycles. The molecule has 1 aromatic heterocycles. The zero-order valence-electron chi connectivity index (χ0n) is 16.1. The summed E-state index contributed by atoms with van der Waals surface area (Å²) in [6, 6.07) is 6.74. The van der Waals surface area contributed by atoms with Gasteiger partial charge < -0.3 is 15.2 Å². The van der Waals surface area contributed by atoms with Gasteiger partial charge in [-0.05, 0) is 37.5 Å². The molecule has 2 aromatic rings. The molecule has 3 N–H and O–H groups in total. The minimum atomic E-state index is -3.97. The van der Waals surface area contributed by atoms with E-state index in [2.05, 4.69) is 15.8 Å². The average Bonchev–Trinajstić information content (AvgIpc) is 3.13. The number of benzene rings is 1. The first-order chi connectivity index (χ1) is 13.8. The average molecular weight is 420 g/mol. The number of nitrogens with zero attached hydrogens (tertiary/aromatic N) is 1. The Labute approximate surface area is 169 Å². The summed E-state index contributed by atoms with van der Waals surface area (Å²) in [7, 11) is -3.97. The molecule has 3 rings (SSSR count). The number of aromatic nitrogens is 1. The summed E-state index contributed by atoms with van der Waals surface area (Å²) in [4.78, 5) is 23.9. The van der Waals surface area contributed by atoms with Crippen molar-refractivity contribution in [1.29, 1.82) is 0 Å². The molecular formula is C19H24N4O5S. The van der Waals surface area contributed by atoms with Gasteiger partial charge in [0.15, 0.2) is 5.69 Å². The SMILES string of the molecule is Cc1cc(C(=O)NCc2ccc(S(=O)(=O)NC(=O)NC3CCCCC3)cc2)no1. The summed E-state index contributed by atoms with van der Waals surface area (Å²) in [6.45, 7) is 1.88. The van der Waals surface area contributed by atoms with E-state index in [0.717, 1.165) is 32.1 Å². The molecule has 1 aliphatic carbocycles. The summed E-state index contributed by atoms with van der Waals surface area (Å²) >= 11 is 0. The molecule has 0 spiro atoms. The molecule has 0 unspecified atom stereocenters. The second-order valence-corrected chi connectivity index (χ2v) is 8.75. The minimum absolute atomic E-state index is 0.0124. The fourth-order valence-corrected chi connectivity index (χ4v) is 4.09. The predicted molar refractivity (Wildman–Crippen MR) is 105 cm³/mol. The van der Waals surface area contributed by atoms with Crippen LogP contribution in [0.25, 0.3) is 0 Å². The maximum absolute atomic E-state index is 12.4. The van der Waals surface area contributed by atoms with Crippen LogP contribution in [0, 0.1) is 6.92 Å². The number of aryl methyl sites for hydroxylation is 1. The Morgan fingerprint density at radius 2 is 1.83 bits per heavy atom. The summed E-state index contributed by atoms with van der Waals surface area (Å²) < 4.78 is 31.7. The Bertz CT molecular complexity index is 963. The molecule has 1 saturated carbocycles. The van der Waals surface area contributed by atoms with Gasteiger partial charge >= 0.3 is 6.03 Å². The van der Waals surface area contributed by atoms with Crippen LogP contribution in [0.1, 0.15) is 53.9 Å². The molecule has 156 valence electrons. The number of nitrogens with one attached hydrogen (secondary N) is 3. The Balaban J connectivity index is 1.53. The maximum Gasteiger partial charge on any atom is 0.328 e. The molecule has 9 nitrogen and oxygen atoms in total. The quantitative estimate of drug-likeness (QED) is 0.657. The van der Waals surface area contributed by atoms with E-state index < -0.39 is 16.1 Å². The fourth-order valence-electron chi connectivity index (χ4n) is 3.18. The van der Waals surface area contributed by atoms with Crippen LogP contribution >= 0.6 is 0 Å². The number of hydrogen-bond acceptors (Lipinski definition) is 6. The largest absolute Gasteiger partial charge is 0.361 e. The molecule has 3 amide bonds. The van der Waals surface area contributed by atoms with Gasteiger partial charge in [-0.1, -0.05) is 36.6 Å². The topological polar surface area (TPSA) is 130 Å². The Morgan fingerprint density at radius 3 is 2.45 bits per heavy atom. The van der Waals surface area contributed by atoms with Gasteiger partial charge in [0.25, 0.3) is 15.9 Å². The number of hydrogen-bond donors (Lipinski definition) is 3. The number of carbonyl (C=O) groups is 2. The number of carbonyl (C=O) groups excluding carboxylic acids is 2. The highest BCUT2D eigenvalue weighted by Gasteiger charge is 2.21. The van der Waals surface area contributed by atoms with Gasteiger partial charge in [0, 0.05) is 18.7 Å². The highest BCUT2D eigenvalue weighted by atomic mass is 32.2. The normalized spacial score (nSPS) is 14.9. The van der Waals surface area contributed by atoms with E-state index in [1.54, 1.807) is 19.1 Å². The minimum Gasteiger partial charge on any atom is -0.361 e. The first kappa shape index (κ1) is 20.8. The monoisotopic (exact) mass is 420 g/mol. The van der Waals surface area contributed by atoms with Gasteiger partial charge in [-0.2, -0.15) is 0 Å². The maximum atomic E-state index is 12.4. The van der Waals surface area contributed by atoms with Crippen molar-refractivity contribution in [1.82, 2.24) is 20.5 Å². The van der Waals surface area contributed by atoms with Crippen LogP contribution in [0.15, 0.2) is 39.8 Å². The van der Waals surface area contributed by atoms with Crippen LogP contribution in [-0.4, -0.2) is 31.6 Å². The second kappa shape index (κ2) is 9.08. The number of rotatable bonds is 6. The van der Waals surface area contributed by atoms with Gasteiger partial charge in [-0.3, -0.25) is 4.79 Å². The van der Waals surface area contributed by atoms with Crippen molar-refractivity contribution in [2.24, 2.45) is 0 Å². The first-order valence-corrected chi connectivity index (χ1v) is 11.0. The predicted octanol–water partition coefficient (Wildman–Crippen LogP) is 2.23. The van der Waals surface area contributed by atoms with E-state index in [0.29, 0.717) is 11.3 Å². The Hall–Kier alpha value is -2.88. The van der Waals surface area contributed by atoms with Crippen molar-refractivity contribution >= 4 is 22.0 Å². The van der Waals surface area contributed by atoms with Crippen molar-refractivity contribution in [3.63, 3.8) is 0 Å². The van der Waals surface area contributed by atoms with Gasteiger partial charge in [0.1, 0.15) is 5.76 Å². The Morgan fingerprint density at radius 1 is 1.14 bits per heavy atom.